The summed E-state index contributed by atoms with van der Waals surface area (Å²) in [4.78, 5) is 10.9. The summed E-state index contributed by atoms with van der Waals surface area (Å²) in [5.74, 6) is 5.04. The number of carbonyl (C=O) groups is 1. The first kappa shape index (κ1) is 13.2. The molecule has 0 atom stereocenters. The van der Waals surface area contributed by atoms with Crippen molar-refractivity contribution in [1.29, 1.82) is 0 Å². The van der Waals surface area contributed by atoms with Gasteiger partial charge in [-0.15, -0.1) is 0 Å². The van der Waals surface area contributed by atoms with Crippen molar-refractivity contribution in [3.05, 3.63) is 0 Å². The summed E-state index contributed by atoms with van der Waals surface area (Å²) >= 11 is 0. The van der Waals surface area contributed by atoms with E-state index in [4.69, 9.17) is 4.74 Å². The molecule has 0 aromatic rings. The molecule has 0 bridgehead atoms. The molecule has 2 heteroatoms. The van der Waals surface area contributed by atoms with Crippen LogP contribution in [0.5, 0.6) is 0 Å². The van der Waals surface area contributed by atoms with Crippen LogP contribution >= 0.6 is 0 Å². The van der Waals surface area contributed by atoms with Gasteiger partial charge in [0.1, 0.15) is 0 Å². The second kappa shape index (κ2) is 10.3. The van der Waals surface area contributed by atoms with Gasteiger partial charge < -0.3 is 4.74 Å². The molecule has 0 aliphatic heterocycles. The van der Waals surface area contributed by atoms with Gasteiger partial charge in [0, 0.05) is 13.0 Å². The Kier molecular flexibility index (Phi) is 9.68. The van der Waals surface area contributed by atoms with Crippen molar-refractivity contribution in [2.24, 2.45) is 0 Å². The quantitative estimate of drug-likeness (QED) is 0.339. The zero-order valence-corrected chi connectivity index (χ0v) is 9.27. The molecule has 0 saturated heterocycles. The van der Waals surface area contributed by atoms with Gasteiger partial charge in [-0.1, -0.05) is 32.1 Å². The van der Waals surface area contributed by atoms with E-state index >= 15 is 0 Å². The molecule has 0 N–H and O–H groups in total. The van der Waals surface area contributed by atoms with Gasteiger partial charge in [0.25, 0.3) is 0 Å². The molecule has 0 rings (SSSR count). The molecule has 0 aliphatic rings. The van der Waals surface area contributed by atoms with E-state index in [2.05, 4.69) is 18.8 Å². The maximum Gasteiger partial charge on any atom is 0.207 e. The number of hydrogen-bond donors (Lipinski definition) is 0. The van der Waals surface area contributed by atoms with Crippen LogP contribution in [-0.4, -0.2) is 19.0 Å². The van der Waals surface area contributed by atoms with Crippen LogP contribution in [0.25, 0.3) is 0 Å². The van der Waals surface area contributed by atoms with Crippen LogP contribution in [0.4, 0.5) is 0 Å². The van der Waals surface area contributed by atoms with Crippen LogP contribution in [-0.2, 0) is 9.53 Å². The van der Waals surface area contributed by atoms with Crippen molar-refractivity contribution in [3.8, 4) is 11.8 Å². The zero-order valence-electron chi connectivity index (χ0n) is 9.27. The lowest BCUT2D eigenvalue weighted by Crippen LogP contribution is -2.03. The van der Waals surface area contributed by atoms with Crippen molar-refractivity contribution >= 4 is 5.78 Å². The summed E-state index contributed by atoms with van der Waals surface area (Å²) in [6, 6.07) is 0. The van der Waals surface area contributed by atoms with Crippen LogP contribution in [0.1, 0.15) is 46.0 Å². The topological polar surface area (TPSA) is 26.3 Å². The van der Waals surface area contributed by atoms with Crippen LogP contribution < -0.4 is 0 Å². The molecule has 0 heterocycles. The lowest BCUT2D eigenvalue weighted by atomic mass is 10.2. The summed E-state index contributed by atoms with van der Waals surface area (Å²) < 4.78 is 5.31. The lowest BCUT2D eigenvalue weighted by molar-refractivity contribution is -0.114. The number of hydrogen-bond acceptors (Lipinski definition) is 2. The van der Waals surface area contributed by atoms with Crippen molar-refractivity contribution in [3.63, 3.8) is 0 Å². The van der Waals surface area contributed by atoms with E-state index in [9.17, 15) is 4.79 Å². The van der Waals surface area contributed by atoms with Crippen LogP contribution in [0.3, 0.4) is 0 Å². The van der Waals surface area contributed by atoms with Gasteiger partial charge in [0.15, 0.2) is 0 Å². The molecular formula is C12H20O2. The summed E-state index contributed by atoms with van der Waals surface area (Å²) in [6.07, 6.45) is 5.25. The van der Waals surface area contributed by atoms with Crippen LogP contribution in [0, 0.1) is 11.8 Å². The van der Waals surface area contributed by atoms with E-state index in [1.54, 1.807) is 6.92 Å². The second-order valence-corrected chi connectivity index (χ2v) is 3.22. The highest BCUT2D eigenvalue weighted by molar-refractivity contribution is 5.95. The third-order valence-electron chi connectivity index (χ3n) is 1.88. The summed E-state index contributed by atoms with van der Waals surface area (Å²) in [5, 5.41) is 0. The van der Waals surface area contributed by atoms with Crippen LogP contribution in [0.2, 0.25) is 0 Å². The Morgan fingerprint density at radius 3 is 2.64 bits per heavy atom. The molecule has 14 heavy (non-hydrogen) atoms. The number of ketones is 1. The largest absolute Gasteiger partial charge is 0.381 e. The predicted octanol–water partition coefficient (Wildman–Crippen LogP) is 2.57. The fourth-order valence-corrected chi connectivity index (χ4v) is 1.10. The van der Waals surface area contributed by atoms with Crippen molar-refractivity contribution in [2.45, 2.75) is 46.0 Å². The number of rotatable bonds is 8. The Morgan fingerprint density at radius 2 is 2.00 bits per heavy atom. The average molecular weight is 196 g/mol. The Hall–Kier alpha value is -0.810. The minimum Gasteiger partial charge on any atom is -0.381 e. The molecule has 2 nitrogen and oxygen atoms in total. The van der Waals surface area contributed by atoms with E-state index in [1.807, 2.05) is 0 Å². The van der Waals surface area contributed by atoms with E-state index in [0.29, 0.717) is 13.0 Å². The summed E-state index contributed by atoms with van der Waals surface area (Å²) in [5.41, 5.74) is 0. The second-order valence-electron chi connectivity index (χ2n) is 3.22. The molecule has 0 saturated carbocycles. The minimum atomic E-state index is -0.0268. The number of carbonyl (C=O) groups excluding carboxylic acids is 1. The number of Topliss-reactive ketones (excluding diaryl/α,β-unsaturated/α-hetero) is 1. The highest BCUT2D eigenvalue weighted by atomic mass is 16.5. The summed E-state index contributed by atoms with van der Waals surface area (Å²) in [7, 11) is 0. The van der Waals surface area contributed by atoms with Gasteiger partial charge in [0.05, 0.1) is 6.61 Å². The zero-order chi connectivity index (χ0) is 10.6. The number of ether oxygens (including phenoxy) is 1. The van der Waals surface area contributed by atoms with E-state index in [1.165, 1.54) is 19.3 Å². The highest BCUT2D eigenvalue weighted by Crippen LogP contribution is 1.99. The molecule has 80 valence electrons. The molecular weight excluding hydrogens is 176 g/mol. The molecule has 0 fully saturated rings. The SMILES string of the molecule is CC#CC(=O)CCOCCCCCC. The Balaban J connectivity index is 3.12. The lowest BCUT2D eigenvalue weighted by Gasteiger charge is -2.01. The van der Waals surface area contributed by atoms with Crippen LogP contribution in [0.15, 0.2) is 0 Å². The smallest absolute Gasteiger partial charge is 0.207 e. The summed E-state index contributed by atoms with van der Waals surface area (Å²) in [6.45, 7) is 5.14. The third-order valence-corrected chi connectivity index (χ3v) is 1.88. The first-order chi connectivity index (χ1) is 6.81. The molecule has 0 aliphatic carbocycles. The molecule has 0 aromatic heterocycles. The van der Waals surface area contributed by atoms with E-state index < -0.39 is 0 Å². The first-order valence-electron chi connectivity index (χ1n) is 5.34. The van der Waals surface area contributed by atoms with Gasteiger partial charge >= 0.3 is 0 Å². The first-order valence-corrected chi connectivity index (χ1v) is 5.34. The van der Waals surface area contributed by atoms with Gasteiger partial charge in [-0.2, -0.15) is 0 Å². The van der Waals surface area contributed by atoms with Crippen molar-refractivity contribution in [1.82, 2.24) is 0 Å². The van der Waals surface area contributed by atoms with Gasteiger partial charge in [-0.3, -0.25) is 4.79 Å². The fraction of sp³-hybridized carbons (Fsp3) is 0.750. The van der Waals surface area contributed by atoms with Gasteiger partial charge in [-0.25, -0.2) is 0 Å². The van der Waals surface area contributed by atoms with Crippen molar-refractivity contribution in [2.75, 3.05) is 13.2 Å². The molecule has 0 aromatic carbocycles. The average Bonchev–Trinajstić information content (AvgIpc) is 2.17. The molecule has 0 amide bonds. The maximum atomic E-state index is 10.9. The molecule has 0 spiro atoms. The molecule has 0 unspecified atom stereocenters. The van der Waals surface area contributed by atoms with Gasteiger partial charge in [0.2, 0.25) is 5.78 Å². The monoisotopic (exact) mass is 196 g/mol. The van der Waals surface area contributed by atoms with E-state index in [0.717, 1.165) is 13.0 Å². The normalized spacial score (nSPS) is 9.29. The third kappa shape index (κ3) is 9.28. The maximum absolute atomic E-state index is 10.9. The Bertz CT molecular complexity index is 198. The minimum absolute atomic E-state index is 0.0268. The molecule has 0 radical (unpaired) electrons. The van der Waals surface area contributed by atoms with E-state index in [-0.39, 0.29) is 5.78 Å². The van der Waals surface area contributed by atoms with Gasteiger partial charge in [-0.05, 0) is 19.3 Å². The predicted molar refractivity (Wildman–Crippen MR) is 58.0 cm³/mol. The Labute approximate surface area is 87.0 Å². The highest BCUT2D eigenvalue weighted by Gasteiger charge is 1.96. The fourth-order valence-electron chi connectivity index (χ4n) is 1.10. The number of unbranched alkanes of at least 4 members (excludes halogenated alkanes) is 3. The Morgan fingerprint density at radius 1 is 1.21 bits per heavy atom. The van der Waals surface area contributed by atoms with Crippen molar-refractivity contribution < 1.29 is 9.53 Å². The standard InChI is InChI=1S/C12H20O2/c1-3-5-6-7-10-14-11-9-12(13)8-4-2/h3,5-7,9-11H2,1-2H3.